The molecule has 0 saturated carbocycles. The lowest BCUT2D eigenvalue weighted by atomic mass is 10.0. The van der Waals surface area contributed by atoms with Crippen LogP contribution in [0.25, 0.3) is 16.7 Å². The Morgan fingerprint density at radius 1 is 1.06 bits per heavy atom. The van der Waals surface area contributed by atoms with Gasteiger partial charge in [-0.05, 0) is 63.1 Å². The molecule has 1 amide bonds. The minimum absolute atomic E-state index is 0.0189. The van der Waals surface area contributed by atoms with E-state index in [4.69, 9.17) is 4.42 Å². The number of hydrogen-bond donors (Lipinski definition) is 2. The number of carbonyl (C=O) groups is 1. The quantitative estimate of drug-likeness (QED) is 0.487. The third-order valence-electron chi connectivity index (χ3n) is 5.27. The summed E-state index contributed by atoms with van der Waals surface area (Å²) in [6.07, 6.45) is -0.187. The second-order valence-electron chi connectivity index (χ2n) is 7.79. The molecule has 0 bridgehead atoms. The number of phenols is 1. The van der Waals surface area contributed by atoms with Crippen LogP contribution >= 0.6 is 0 Å². The van der Waals surface area contributed by atoms with Crippen molar-refractivity contribution < 1.29 is 14.3 Å². The highest BCUT2D eigenvalue weighted by atomic mass is 16.4. The number of hydrogen-bond acceptors (Lipinski definition) is 5. The molecule has 2 heterocycles. The maximum absolute atomic E-state index is 12.7. The molecule has 0 spiro atoms. The van der Waals surface area contributed by atoms with E-state index in [0.29, 0.717) is 22.4 Å². The Labute approximate surface area is 178 Å². The van der Waals surface area contributed by atoms with E-state index in [0.717, 1.165) is 22.5 Å². The first-order chi connectivity index (χ1) is 14.7. The Morgan fingerprint density at radius 3 is 2.48 bits per heavy atom. The van der Waals surface area contributed by atoms with Gasteiger partial charge in [-0.1, -0.05) is 17.7 Å². The number of nitrogens with zero attached hydrogens (tertiary/aromatic N) is 2. The first-order valence-electron chi connectivity index (χ1n) is 9.92. The van der Waals surface area contributed by atoms with Crippen molar-refractivity contribution in [3.05, 3.63) is 80.8 Å². The monoisotopic (exact) mass is 417 g/mol. The van der Waals surface area contributed by atoms with Gasteiger partial charge in [0.15, 0.2) is 5.82 Å². The van der Waals surface area contributed by atoms with E-state index in [9.17, 15) is 14.7 Å². The van der Waals surface area contributed by atoms with E-state index >= 15 is 0 Å². The molecule has 7 nitrogen and oxygen atoms in total. The van der Waals surface area contributed by atoms with Gasteiger partial charge in [-0.25, -0.2) is 9.48 Å². The molecule has 4 rings (SSSR count). The molecule has 2 aromatic heterocycles. The van der Waals surface area contributed by atoms with Crippen LogP contribution in [-0.2, 0) is 11.2 Å². The number of aromatic hydroxyl groups is 1. The smallest absolute Gasteiger partial charge is 0.340 e. The maximum atomic E-state index is 12.7. The number of aromatic nitrogens is 2. The Kier molecular flexibility index (Phi) is 5.10. The van der Waals surface area contributed by atoms with Crippen LogP contribution in [0, 0.1) is 27.7 Å². The van der Waals surface area contributed by atoms with Crippen molar-refractivity contribution in [2.45, 2.75) is 34.1 Å². The third kappa shape index (κ3) is 3.94. The molecular weight excluding hydrogens is 394 g/mol. The molecule has 0 aliphatic rings. The van der Waals surface area contributed by atoms with Crippen molar-refractivity contribution in [1.29, 1.82) is 0 Å². The third-order valence-corrected chi connectivity index (χ3v) is 5.27. The molecule has 0 radical (unpaired) electrons. The van der Waals surface area contributed by atoms with Crippen LogP contribution < -0.4 is 10.9 Å². The van der Waals surface area contributed by atoms with Crippen molar-refractivity contribution in [3.63, 3.8) is 0 Å². The predicted octanol–water partition coefficient (Wildman–Crippen LogP) is 4.10. The average Bonchev–Trinajstić information content (AvgIpc) is 3.05. The molecule has 2 N–H and O–H groups in total. The molecule has 31 heavy (non-hydrogen) atoms. The first kappa shape index (κ1) is 20.4. The Bertz CT molecular complexity index is 1360. The molecule has 158 valence electrons. The summed E-state index contributed by atoms with van der Waals surface area (Å²) in [6, 6.07) is 13.0. The fraction of sp³-hybridized carbons (Fsp3) is 0.208. The topological polar surface area (TPSA) is 97.4 Å². The zero-order valence-electron chi connectivity index (χ0n) is 17.8. The van der Waals surface area contributed by atoms with E-state index < -0.39 is 11.5 Å². The van der Waals surface area contributed by atoms with Gasteiger partial charge in [-0.15, -0.1) is 5.10 Å². The molecule has 0 aliphatic carbocycles. The summed E-state index contributed by atoms with van der Waals surface area (Å²) in [5.41, 5.74) is 4.12. The number of fused-ring (bicyclic) bond motifs is 1. The Hall–Kier alpha value is -3.87. The zero-order chi connectivity index (χ0) is 22.3. The fourth-order valence-electron chi connectivity index (χ4n) is 3.69. The molecular formula is C24H23N3O4. The van der Waals surface area contributed by atoms with Crippen LogP contribution in [0.5, 0.6) is 5.75 Å². The van der Waals surface area contributed by atoms with Gasteiger partial charge in [-0.2, -0.15) is 0 Å². The largest absolute Gasteiger partial charge is 0.507 e. The zero-order valence-corrected chi connectivity index (χ0v) is 17.8. The number of phenolic OH excluding ortho intramolecular Hbond substituents is 1. The van der Waals surface area contributed by atoms with Gasteiger partial charge in [0.25, 0.3) is 0 Å². The van der Waals surface area contributed by atoms with Gasteiger partial charge in [0.05, 0.1) is 23.1 Å². The molecule has 7 heteroatoms. The second-order valence-corrected chi connectivity index (χ2v) is 7.79. The van der Waals surface area contributed by atoms with Crippen LogP contribution in [0.15, 0.2) is 51.7 Å². The minimum Gasteiger partial charge on any atom is -0.507 e. The molecule has 0 fully saturated rings. The molecule has 2 aromatic carbocycles. The van der Waals surface area contributed by atoms with Crippen molar-refractivity contribution in [3.8, 4) is 11.4 Å². The molecule has 0 atom stereocenters. The molecule has 0 unspecified atom stereocenters. The minimum atomic E-state index is -0.591. The van der Waals surface area contributed by atoms with Crippen LogP contribution in [0.3, 0.4) is 0 Å². The second kappa shape index (κ2) is 7.75. The highest BCUT2D eigenvalue weighted by Gasteiger charge is 2.18. The highest BCUT2D eigenvalue weighted by molar-refractivity contribution is 5.93. The normalized spacial score (nSPS) is 11.1. The standard InChI is InChI=1S/C24H23N3O4/c1-13-5-7-17(8-6-13)27-15(3)11-21(26-27)25-22(29)12-18-16(4)23-19(28)9-14(2)10-20(23)31-24(18)30/h5-11,28H,12H2,1-4H3,(H,25,26,29). The number of rotatable bonds is 4. The summed E-state index contributed by atoms with van der Waals surface area (Å²) in [5.74, 6) is 0.0182. The SMILES string of the molecule is Cc1ccc(-n2nc(NC(=O)Cc3c(C)c4c(O)cc(C)cc4oc3=O)cc2C)cc1. The van der Waals surface area contributed by atoms with E-state index in [1.807, 2.05) is 38.1 Å². The Morgan fingerprint density at radius 2 is 1.77 bits per heavy atom. The number of benzene rings is 2. The fourth-order valence-corrected chi connectivity index (χ4v) is 3.69. The van der Waals surface area contributed by atoms with Gasteiger partial charge < -0.3 is 14.8 Å². The van der Waals surface area contributed by atoms with Crippen LogP contribution in [-0.4, -0.2) is 20.8 Å². The van der Waals surface area contributed by atoms with Crippen molar-refractivity contribution in [2.75, 3.05) is 5.32 Å². The summed E-state index contributed by atoms with van der Waals surface area (Å²) >= 11 is 0. The van der Waals surface area contributed by atoms with E-state index in [2.05, 4.69) is 10.4 Å². The number of amides is 1. The lowest BCUT2D eigenvalue weighted by Crippen LogP contribution is -2.21. The highest BCUT2D eigenvalue weighted by Crippen LogP contribution is 2.30. The lowest BCUT2D eigenvalue weighted by Gasteiger charge is -2.10. The summed E-state index contributed by atoms with van der Waals surface area (Å²) in [4.78, 5) is 25.1. The summed E-state index contributed by atoms with van der Waals surface area (Å²) in [5, 5.41) is 17.9. The predicted molar refractivity (Wildman–Crippen MR) is 119 cm³/mol. The van der Waals surface area contributed by atoms with Gasteiger partial charge in [0, 0.05) is 11.8 Å². The number of nitrogens with one attached hydrogen (secondary N) is 1. The lowest BCUT2D eigenvalue weighted by molar-refractivity contribution is -0.115. The van der Waals surface area contributed by atoms with E-state index in [1.54, 1.807) is 36.7 Å². The van der Waals surface area contributed by atoms with Crippen LogP contribution in [0.1, 0.15) is 27.9 Å². The van der Waals surface area contributed by atoms with Gasteiger partial charge in [0.1, 0.15) is 11.3 Å². The molecule has 4 aromatic rings. The van der Waals surface area contributed by atoms with Crippen molar-refractivity contribution in [1.82, 2.24) is 9.78 Å². The molecule has 0 aliphatic heterocycles. The maximum Gasteiger partial charge on any atom is 0.340 e. The summed E-state index contributed by atoms with van der Waals surface area (Å²) < 4.78 is 7.10. The summed E-state index contributed by atoms with van der Waals surface area (Å²) in [6.45, 7) is 7.41. The summed E-state index contributed by atoms with van der Waals surface area (Å²) in [7, 11) is 0. The number of carbonyl (C=O) groups excluding carboxylic acids is 1. The van der Waals surface area contributed by atoms with Crippen molar-refractivity contribution >= 4 is 22.7 Å². The van der Waals surface area contributed by atoms with E-state index in [1.165, 1.54) is 0 Å². The van der Waals surface area contributed by atoms with Crippen molar-refractivity contribution in [2.24, 2.45) is 0 Å². The van der Waals surface area contributed by atoms with Gasteiger partial charge >= 0.3 is 5.63 Å². The van der Waals surface area contributed by atoms with Gasteiger partial charge in [-0.3, -0.25) is 4.79 Å². The van der Waals surface area contributed by atoms with Gasteiger partial charge in [0.2, 0.25) is 5.91 Å². The number of aryl methyl sites for hydroxylation is 4. The number of anilines is 1. The van der Waals surface area contributed by atoms with Crippen LogP contribution in [0.4, 0.5) is 5.82 Å². The molecule has 0 saturated heterocycles. The first-order valence-corrected chi connectivity index (χ1v) is 9.92. The Balaban J connectivity index is 1.60. The van der Waals surface area contributed by atoms with Crippen LogP contribution in [0.2, 0.25) is 0 Å². The van der Waals surface area contributed by atoms with E-state index in [-0.39, 0.29) is 17.7 Å². The average molecular weight is 417 g/mol.